The lowest BCUT2D eigenvalue weighted by Gasteiger charge is -2.22. The minimum absolute atomic E-state index is 0.0431. The Hall–Kier alpha value is -1.17. The van der Waals surface area contributed by atoms with Crippen molar-refractivity contribution in [3.05, 3.63) is 57.8 Å². The second-order valence-electron chi connectivity index (χ2n) is 4.63. The van der Waals surface area contributed by atoms with Gasteiger partial charge in [-0.3, -0.25) is 4.79 Å². The molecule has 0 aliphatic carbocycles. The van der Waals surface area contributed by atoms with Crippen molar-refractivity contribution >= 4 is 33.2 Å². The Morgan fingerprint density at radius 3 is 2.62 bits per heavy atom. The van der Waals surface area contributed by atoms with E-state index in [2.05, 4.69) is 15.9 Å². The lowest BCUT2D eigenvalue weighted by molar-refractivity contribution is 0.0682. The Morgan fingerprint density at radius 1 is 1.29 bits per heavy atom. The van der Waals surface area contributed by atoms with E-state index in [-0.39, 0.29) is 5.91 Å². The zero-order chi connectivity index (χ0) is 15.1. The molecule has 112 valence electrons. The highest BCUT2D eigenvalue weighted by Gasteiger charge is 2.16. The molecule has 0 radical (unpaired) electrons. The first-order chi connectivity index (χ1) is 10.2. The Morgan fingerprint density at radius 2 is 2.05 bits per heavy atom. The van der Waals surface area contributed by atoms with E-state index in [1.807, 2.05) is 46.7 Å². The SMILES string of the molecule is COCCN(Cc1cccs1)C(=O)c1ccc(CBr)cc1. The summed E-state index contributed by atoms with van der Waals surface area (Å²) in [5.74, 6) is 0.0431. The van der Waals surface area contributed by atoms with Crippen LogP contribution in [0.15, 0.2) is 41.8 Å². The normalized spacial score (nSPS) is 10.6. The van der Waals surface area contributed by atoms with E-state index in [0.29, 0.717) is 25.3 Å². The molecule has 5 heteroatoms. The van der Waals surface area contributed by atoms with Gasteiger partial charge in [0.15, 0.2) is 0 Å². The van der Waals surface area contributed by atoms with Crippen LogP contribution >= 0.6 is 27.3 Å². The van der Waals surface area contributed by atoms with Crippen molar-refractivity contribution in [2.24, 2.45) is 0 Å². The molecule has 0 fully saturated rings. The Bertz CT molecular complexity index is 554. The molecule has 0 unspecified atom stereocenters. The second kappa shape index (κ2) is 8.32. The molecule has 1 amide bonds. The molecule has 2 aromatic rings. The summed E-state index contributed by atoms with van der Waals surface area (Å²) in [5.41, 5.74) is 1.88. The summed E-state index contributed by atoms with van der Waals surface area (Å²) in [4.78, 5) is 15.6. The number of nitrogens with zero attached hydrogens (tertiary/aromatic N) is 1. The van der Waals surface area contributed by atoms with Gasteiger partial charge in [-0.25, -0.2) is 0 Å². The summed E-state index contributed by atoms with van der Waals surface area (Å²) in [6.07, 6.45) is 0. The fraction of sp³-hybridized carbons (Fsp3) is 0.312. The second-order valence-corrected chi connectivity index (χ2v) is 6.22. The first-order valence-electron chi connectivity index (χ1n) is 6.70. The zero-order valence-electron chi connectivity index (χ0n) is 11.9. The van der Waals surface area contributed by atoms with Gasteiger partial charge in [-0.05, 0) is 29.1 Å². The number of ether oxygens (including phenoxy) is 1. The van der Waals surface area contributed by atoms with Gasteiger partial charge in [0.25, 0.3) is 5.91 Å². The van der Waals surface area contributed by atoms with Crippen LogP contribution in [-0.4, -0.2) is 31.1 Å². The fourth-order valence-corrected chi connectivity index (χ4v) is 3.06. The third-order valence-electron chi connectivity index (χ3n) is 3.13. The van der Waals surface area contributed by atoms with Crippen LogP contribution < -0.4 is 0 Å². The van der Waals surface area contributed by atoms with Crippen LogP contribution in [0.25, 0.3) is 0 Å². The van der Waals surface area contributed by atoms with Gasteiger partial charge in [0, 0.05) is 29.4 Å². The van der Waals surface area contributed by atoms with Gasteiger partial charge in [0.05, 0.1) is 13.2 Å². The van der Waals surface area contributed by atoms with E-state index < -0.39 is 0 Å². The van der Waals surface area contributed by atoms with Crippen molar-refractivity contribution in [1.29, 1.82) is 0 Å². The minimum atomic E-state index is 0.0431. The van der Waals surface area contributed by atoms with Crippen molar-refractivity contribution in [3.63, 3.8) is 0 Å². The largest absolute Gasteiger partial charge is 0.383 e. The highest BCUT2D eigenvalue weighted by molar-refractivity contribution is 9.08. The van der Waals surface area contributed by atoms with Gasteiger partial charge in [-0.15, -0.1) is 11.3 Å². The first-order valence-corrected chi connectivity index (χ1v) is 8.70. The average molecular weight is 368 g/mol. The molecule has 3 nitrogen and oxygen atoms in total. The van der Waals surface area contributed by atoms with Crippen LogP contribution in [0.5, 0.6) is 0 Å². The lowest BCUT2D eigenvalue weighted by Crippen LogP contribution is -2.33. The molecule has 0 aliphatic rings. The van der Waals surface area contributed by atoms with Gasteiger partial charge >= 0.3 is 0 Å². The molecule has 0 saturated carbocycles. The van der Waals surface area contributed by atoms with E-state index in [1.165, 1.54) is 4.88 Å². The molecule has 0 bridgehead atoms. The third-order valence-corrected chi connectivity index (χ3v) is 4.64. The van der Waals surface area contributed by atoms with E-state index in [1.54, 1.807) is 18.4 Å². The van der Waals surface area contributed by atoms with Crippen LogP contribution in [0.2, 0.25) is 0 Å². The number of rotatable bonds is 7. The maximum atomic E-state index is 12.6. The number of benzene rings is 1. The molecule has 0 N–H and O–H groups in total. The highest BCUT2D eigenvalue weighted by atomic mass is 79.9. The standard InChI is InChI=1S/C16H18BrNO2S/c1-20-9-8-18(12-15-3-2-10-21-15)16(19)14-6-4-13(11-17)5-7-14/h2-7,10H,8-9,11-12H2,1H3. The van der Waals surface area contributed by atoms with Crippen LogP contribution in [0.3, 0.4) is 0 Å². The number of hydrogen-bond donors (Lipinski definition) is 0. The van der Waals surface area contributed by atoms with Crippen LogP contribution in [-0.2, 0) is 16.6 Å². The van der Waals surface area contributed by atoms with Gasteiger partial charge < -0.3 is 9.64 Å². The van der Waals surface area contributed by atoms with Crippen LogP contribution in [0.4, 0.5) is 0 Å². The van der Waals surface area contributed by atoms with Crippen molar-refractivity contribution < 1.29 is 9.53 Å². The molecule has 0 saturated heterocycles. The summed E-state index contributed by atoms with van der Waals surface area (Å²) >= 11 is 5.07. The maximum absolute atomic E-state index is 12.6. The molecular weight excluding hydrogens is 350 g/mol. The number of hydrogen-bond acceptors (Lipinski definition) is 3. The quantitative estimate of drug-likeness (QED) is 0.693. The number of thiophene rings is 1. The highest BCUT2D eigenvalue weighted by Crippen LogP contribution is 2.15. The van der Waals surface area contributed by atoms with Crippen molar-refractivity contribution in [2.75, 3.05) is 20.3 Å². The first kappa shape index (κ1) is 16.2. The van der Waals surface area contributed by atoms with Gasteiger partial charge in [0.2, 0.25) is 0 Å². The van der Waals surface area contributed by atoms with Gasteiger partial charge in [0.1, 0.15) is 0 Å². The van der Waals surface area contributed by atoms with E-state index in [9.17, 15) is 4.79 Å². The number of alkyl halides is 1. The Labute approximate surface area is 137 Å². The van der Waals surface area contributed by atoms with Crippen LogP contribution in [0, 0.1) is 0 Å². The Balaban J connectivity index is 2.11. The number of methoxy groups -OCH3 is 1. The van der Waals surface area contributed by atoms with Crippen molar-refractivity contribution in [2.45, 2.75) is 11.9 Å². The van der Waals surface area contributed by atoms with Crippen molar-refractivity contribution in [1.82, 2.24) is 4.90 Å². The summed E-state index contributed by atoms with van der Waals surface area (Å²) in [6, 6.07) is 11.8. The summed E-state index contributed by atoms with van der Waals surface area (Å²) in [7, 11) is 1.65. The topological polar surface area (TPSA) is 29.5 Å². The molecule has 1 aromatic carbocycles. The molecule has 1 aromatic heterocycles. The van der Waals surface area contributed by atoms with E-state index >= 15 is 0 Å². The van der Waals surface area contributed by atoms with Crippen molar-refractivity contribution in [3.8, 4) is 0 Å². The zero-order valence-corrected chi connectivity index (χ0v) is 14.3. The molecule has 0 atom stereocenters. The number of carbonyl (C=O) groups excluding carboxylic acids is 1. The molecule has 1 heterocycles. The van der Waals surface area contributed by atoms with E-state index in [4.69, 9.17) is 4.74 Å². The smallest absolute Gasteiger partial charge is 0.254 e. The van der Waals surface area contributed by atoms with E-state index in [0.717, 1.165) is 10.9 Å². The van der Waals surface area contributed by atoms with Gasteiger partial charge in [-0.1, -0.05) is 34.1 Å². The molecule has 0 aliphatic heterocycles. The third kappa shape index (κ3) is 4.66. The summed E-state index contributed by atoms with van der Waals surface area (Å²) in [5, 5.41) is 2.82. The summed E-state index contributed by atoms with van der Waals surface area (Å²) < 4.78 is 5.12. The summed E-state index contributed by atoms with van der Waals surface area (Å²) in [6.45, 7) is 1.75. The minimum Gasteiger partial charge on any atom is -0.383 e. The fourth-order valence-electron chi connectivity index (χ4n) is 1.96. The predicted molar refractivity (Wildman–Crippen MR) is 90.0 cm³/mol. The number of amides is 1. The lowest BCUT2D eigenvalue weighted by atomic mass is 10.1. The predicted octanol–water partition coefficient (Wildman–Crippen LogP) is 3.93. The monoisotopic (exact) mass is 367 g/mol. The number of carbonyl (C=O) groups is 1. The van der Waals surface area contributed by atoms with Crippen LogP contribution in [0.1, 0.15) is 20.8 Å². The average Bonchev–Trinajstić information content (AvgIpc) is 3.04. The molecule has 0 spiro atoms. The maximum Gasteiger partial charge on any atom is 0.254 e. The number of halogens is 1. The Kier molecular flexibility index (Phi) is 6.42. The van der Waals surface area contributed by atoms with Gasteiger partial charge in [-0.2, -0.15) is 0 Å². The molecule has 2 rings (SSSR count). The molecular formula is C16H18BrNO2S. The molecule has 21 heavy (non-hydrogen) atoms.